The number of nitrogens with two attached hydrogens (primary N) is 2. The largest absolute Gasteiger partial charge is 0.370 e. The summed E-state index contributed by atoms with van der Waals surface area (Å²) in [5.41, 5.74) is 11.0. The van der Waals surface area contributed by atoms with Crippen molar-refractivity contribution in [1.29, 1.82) is 0 Å². The van der Waals surface area contributed by atoms with Crippen LogP contribution >= 0.6 is 0 Å². The Kier molecular flexibility index (Phi) is 4.47. The molecule has 2 unspecified atom stereocenters. The maximum atomic E-state index is 11.8. The molecule has 2 saturated heterocycles. The lowest BCUT2D eigenvalue weighted by Crippen LogP contribution is -2.48. The van der Waals surface area contributed by atoms with Gasteiger partial charge < -0.3 is 11.5 Å². The second-order valence-electron chi connectivity index (χ2n) is 5.72. The first-order valence-electron chi connectivity index (χ1n) is 6.87. The Morgan fingerprint density at radius 2 is 1.74 bits per heavy atom. The zero-order valence-electron chi connectivity index (χ0n) is 11.1. The quantitative estimate of drug-likeness (QED) is 0.668. The molecule has 0 aromatic heterocycles. The van der Waals surface area contributed by atoms with E-state index in [-0.39, 0.29) is 24.0 Å². The van der Waals surface area contributed by atoms with Crippen LogP contribution in [0.4, 0.5) is 0 Å². The lowest BCUT2D eigenvalue weighted by molar-refractivity contribution is -0.117. The fourth-order valence-corrected chi connectivity index (χ4v) is 4.49. The van der Waals surface area contributed by atoms with Crippen molar-refractivity contribution < 1.29 is 13.2 Å². The van der Waals surface area contributed by atoms with Gasteiger partial charge in [-0.15, -0.1) is 0 Å². The predicted molar refractivity (Wildman–Crippen MR) is 73.2 cm³/mol. The highest BCUT2D eigenvalue weighted by Crippen LogP contribution is 2.34. The summed E-state index contributed by atoms with van der Waals surface area (Å²) in [6.45, 7) is 0.559. The number of rotatable bonds is 6. The summed E-state index contributed by atoms with van der Waals surface area (Å²) in [6, 6.07) is 1.15. The van der Waals surface area contributed by atoms with E-state index in [1.54, 1.807) is 0 Å². The average Bonchev–Trinajstić information content (AvgIpc) is 2.55. The molecule has 2 bridgehead atoms. The van der Waals surface area contributed by atoms with Gasteiger partial charge in [-0.25, -0.2) is 8.42 Å². The Morgan fingerprint density at radius 3 is 2.26 bits per heavy atom. The van der Waals surface area contributed by atoms with Gasteiger partial charge in [0.25, 0.3) is 0 Å². The van der Waals surface area contributed by atoms with Gasteiger partial charge in [-0.05, 0) is 25.7 Å². The summed E-state index contributed by atoms with van der Waals surface area (Å²) < 4.78 is 23.6. The molecule has 1 amide bonds. The van der Waals surface area contributed by atoms with E-state index in [9.17, 15) is 13.2 Å². The minimum Gasteiger partial charge on any atom is -0.370 e. The molecule has 2 aliphatic heterocycles. The first-order valence-corrected chi connectivity index (χ1v) is 8.69. The smallest absolute Gasteiger partial charge is 0.218 e. The second-order valence-corrected chi connectivity index (χ2v) is 8.03. The molecular formula is C12H23N3O3S. The number of hydrogen-bond acceptors (Lipinski definition) is 5. The highest BCUT2D eigenvalue weighted by Gasteiger charge is 2.39. The van der Waals surface area contributed by atoms with Crippen LogP contribution in [0.3, 0.4) is 0 Å². The molecule has 0 saturated carbocycles. The monoisotopic (exact) mass is 289 g/mol. The number of piperidine rings is 1. The van der Waals surface area contributed by atoms with Crippen LogP contribution in [0, 0.1) is 0 Å². The summed E-state index contributed by atoms with van der Waals surface area (Å²) in [5.74, 6) is -0.583. The Hall–Kier alpha value is -0.660. The normalized spacial score (nSPS) is 31.5. The third-order valence-electron chi connectivity index (χ3n) is 4.24. The number of hydrogen-bond donors (Lipinski definition) is 2. The molecule has 4 N–H and O–H groups in total. The van der Waals surface area contributed by atoms with Gasteiger partial charge in [-0.1, -0.05) is 0 Å². The molecule has 0 aliphatic carbocycles. The fraction of sp³-hybridized carbons (Fsp3) is 0.917. The third kappa shape index (κ3) is 3.90. The number of nitrogens with zero attached hydrogens (tertiary/aromatic N) is 1. The maximum absolute atomic E-state index is 11.8. The van der Waals surface area contributed by atoms with E-state index < -0.39 is 15.7 Å². The van der Waals surface area contributed by atoms with Crippen LogP contribution < -0.4 is 11.5 Å². The molecule has 0 radical (unpaired) electrons. The van der Waals surface area contributed by atoms with Gasteiger partial charge >= 0.3 is 0 Å². The van der Waals surface area contributed by atoms with E-state index in [0.29, 0.717) is 18.6 Å². The third-order valence-corrected chi connectivity index (χ3v) is 5.87. The van der Waals surface area contributed by atoms with Crippen molar-refractivity contribution in [3.63, 3.8) is 0 Å². The molecule has 0 spiro atoms. The van der Waals surface area contributed by atoms with Crippen LogP contribution in [-0.4, -0.2) is 55.4 Å². The van der Waals surface area contributed by atoms with Crippen LogP contribution in [0.25, 0.3) is 0 Å². The Bertz CT molecular complexity index is 424. The zero-order chi connectivity index (χ0) is 14.0. The molecule has 2 rings (SSSR count). The molecule has 0 aromatic carbocycles. The van der Waals surface area contributed by atoms with Gasteiger partial charge in [0.2, 0.25) is 5.91 Å². The number of fused-ring (bicyclic) bond motifs is 2. The number of carbonyl (C=O) groups excluding carboxylic acids is 1. The van der Waals surface area contributed by atoms with Crippen molar-refractivity contribution >= 4 is 15.7 Å². The van der Waals surface area contributed by atoms with Crippen LogP contribution in [-0.2, 0) is 14.6 Å². The molecule has 110 valence electrons. The zero-order valence-corrected chi connectivity index (χ0v) is 11.9. The van der Waals surface area contributed by atoms with E-state index in [4.69, 9.17) is 11.5 Å². The van der Waals surface area contributed by atoms with E-state index in [0.717, 1.165) is 25.7 Å². The van der Waals surface area contributed by atoms with Gasteiger partial charge in [0.1, 0.15) is 0 Å². The lowest BCUT2D eigenvalue weighted by Gasteiger charge is -2.37. The fourth-order valence-electron chi connectivity index (χ4n) is 3.28. The van der Waals surface area contributed by atoms with Crippen LogP contribution in [0.15, 0.2) is 0 Å². The SMILES string of the molecule is NC(=O)CCS(=O)(=O)CCN1C2CCC1CC(N)C2. The molecule has 2 aliphatic rings. The number of carbonyl (C=O) groups is 1. The molecule has 19 heavy (non-hydrogen) atoms. The first kappa shape index (κ1) is 14.7. The highest BCUT2D eigenvalue weighted by atomic mass is 32.2. The Morgan fingerprint density at radius 1 is 1.16 bits per heavy atom. The van der Waals surface area contributed by atoms with Gasteiger partial charge in [0.15, 0.2) is 9.84 Å². The summed E-state index contributed by atoms with van der Waals surface area (Å²) >= 11 is 0. The average molecular weight is 289 g/mol. The molecule has 2 fully saturated rings. The second kappa shape index (κ2) is 5.76. The standard InChI is InChI=1S/C12H23N3O3S/c13-9-7-10-1-2-11(8-9)15(10)4-6-19(17,18)5-3-12(14)16/h9-11H,1-8,13H2,(H2,14,16). The predicted octanol–water partition coefficient (Wildman–Crippen LogP) is -0.769. The summed E-state index contributed by atoms with van der Waals surface area (Å²) in [4.78, 5) is 12.9. The molecule has 0 aromatic rings. The van der Waals surface area contributed by atoms with Gasteiger partial charge in [0.05, 0.1) is 11.5 Å². The maximum Gasteiger partial charge on any atom is 0.218 e. The Balaban J connectivity index is 1.84. The molecular weight excluding hydrogens is 266 g/mol. The first-order chi connectivity index (χ1) is 8.87. The van der Waals surface area contributed by atoms with Crippen LogP contribution in [0.5, 0.6) is 0 Å². The van der Waals surface area contributed by atoms with Crippen LogP contribution in [0.2, 0.25) is 0 Å². The van der Waals surface area contributed by atoms with Gasteiger partial charge in [0, 0.05) is 31.1 Å². The van der Waals surface area contributed by atoms with E-state index >= 15 is 0 Å². The number of sulfone groups is 1. The van der Waals surface area contributed by atoms with Crippen LogP contribution in [0.1, 0.15) is 32.1 Å². The molecule has 2 heterocycles. The van der Waals surface area contributed by atoms with E-state index in [1.807, 2.05) is 0 Å². The highest BCUT2D eigenvalue weighted by molar-refractivity contribution is 7.91. The number of primary amides is 1. The molecule has 7 heteroatoms. The van der Waals surface area contributed by atoms with Gasteiger partial charge in [-0.3, -0.25) is 9.69 Å². The summed E-state index contributed by atoms with van der Waals surface area (Å²) in [5, 5.41) is 0. The van der Waals surface area contributed by atoms with Crippen molar-refractivity contribution in [2.75, 3.05) is 18.1 Å². The van der Waals surface area contributed by atoms with Crippen molar-refractivity contribution in [3.05, 3.63) is 0 Å². The van der Waals surface area contributed by atoms with Crippen molar-refractivity contribution in [2.24, 2.45) is 11.5 Å². The van der Waals surface area contributed by atoms with Crippen molar-refractivity contribution in [2.45, 2.75) is 50.2 Å². The minimum atomic E-state index is -3.18. The minimum absolute atomic E-state index is 0.0833. The van der Waals surface area contributed by atoms with Crippen molar-refractivity contribution in [1.82, 2.24) is 4.90 Å². The van der Waals surface area contributed by atoms with Crippen molar-refractivity contribution in [3.8, 4) is 0 Å². The molecule has 2 atom stereocenters. The Labute approximate surface area is 114 Å². The lowest BCUT2D eigenvalue weighted by atomic mass is 9.98. The summed E-state index contributed by atoms with van der Waals surface area (Å²) in [7, 11) is -3.18. The van der Waals surface area contributed by atoms with Gasteiger partial charge in [-0.2, -0.15) is 0 Å². The number of amides is 1. The van der Waals surface area contributed by atoms with E-state index in [2.05, 4.69) is 4.90 Å². The summed E-state index contributed by atoms with van der Waals surface area (Å²) in [6.07, 6.45) is 4.11. The molecule has 6 nitrogen and oxygen atoms in total. The van der Waals surface area contributed by atoms with E-state index in [1.165, 1.54) is 0 Å². The topological polar surface area (TPSA) is 106 Å².